The summed E-state index contributed by atoms with van der Waals surface area (Å²) in [7, 11) is 0. The van der Waals surface area contributed by atoms with E-state index in [0.29, 0.717) is 0 Å². The number of carboxylic acid groups (broad SMARTS) is 2. The third-order valence-electron chi connectivity index (χ3n) is 1.66. The maximum atomic E-state index is 10.9. The molecule has 8 heteroatoms. The van der Waals surface area contributed by atoms with Gasteiger partial charge in [0.05, 0.1) is 11.1 Å². The highest BCUT2D eigenvalue weighted by Gasteiger charge is 2.20. The van der Waals surface area contributed by atoms with Gasteiger partial charge in [-0.3, -0.25) is 0 Å². The van der Waals surface area contributed by atoms with E-state index >= 15 is 0 Å². The summed E-state index contributed by atoms with van der Waals surface area (Å²) in [6, 6.07) is 1.98. The molecule has 6 nitrogen and oxygen atoms in total. The number of carboxylic acids is 2. The molecule has 0 aromatic heterocycles. The van der Waals surface area contributed by atoms with E-state index in [1.54, 1.807) is 22.6 Å². The van der Waals surface area contributed by atoms with E-state index < -0.39 is 37.3 Å². The quantitative estimate of drug-likeness (QED) is 0.684. The smallest absolute Gasteiger partial charge is 0.342 e. The van der Waals surface area contributed by atoms with E-state index in [0.717, 1.165) is 12.1 Å². The highest BCUT2D eigenvalue weighted by atomic mass is 127. The molecule has 0 aliphatic rings. The van der Waals surface area contributed by atoms with E-state index in [1.807, 2.05) is 0 Å². The van der Waals surface area contributed by atoms with Crippen LogP contribution in [0.5, 0.6) is 0 Å². The molecule has 0 unspecified atom stereocenters. The van der Waals surface area contributed by atoms with Crippen LogP contribution in [0.4, 0.5) is 0 Å². The van der Waals surface area contributed by atoms with Crippen LogP contribution >= 0.6 is 42.4 Å². The van der Waals surface area contributed by atoms with Gasteiger partial charge in [-0.25, -0.2) is 15.7 Å². The summed E-state index contributed by atoms with van der Waals surface area (Å²) in [6.45, 7) is 0. The van der Waals surface area contributed by atoms with Gasteiger partial charge in [-0.05, 0) is 34.7 Å². The predicted molar refractivity (Wildman–Crippen MR) is 67.2 cm³/mol. The summed E-state index contributed by atoms with van der Waals surface area (Å²) in [6.07, 6.45) is 0. The number of aromatic carboxylic acids is 2. The zero-order valence-electron chi connectivity index (χ0n) is 7.44. The molecular formula is C8H4I2O6. The fraction of sp³-hybridized carbons (Fsp3) is 0. The first-order valence-corrected chi connectivity index (χ1v) is 7.62. The van der Waals surface area contributed by atoms with Crippen LogP contribution < -0.4 is 0 Å². The number of carbonyl (C=O) groups is 2. The van der Waals surface area contributed by atoms with Crippen molar-refractivity contribution in [3.8, 4) is 0 Å². The largest absolute Gasteiger partial charge is 0.478 e. The van der Waals surface area contributed by atoms with Crippen molar-refractivity contribution in [3.05, 3.63) is 30.4 Å². The Morgan fingerprint density at radius 2 is 1.69 bits per heavy atom. The third kappa shape index (κ3) is 2.66. The van der Waals surface area contributed by atoms with Crippen molar-refractivity contribution in [1.82, 2.24) is 0 Å². The molecule has 0 amide bonds. The van der Waals surface area contributed by atoms with Gasteiger partial charge in [0.2, 0.25) is 0 Å². The van der Waals surface area contributed by atoms with Crippen LogP contribution in [-0.4, -0.2) is 22.2 Å². The summed E-state index contributed by atoms with van der Waals surface area (Å²) < 4.78 is 21.7. The minimum atomic E-state index is -3.97. The Bertz CT molecular complexity index is 538. The molecule has 2 N–H and O–H groups in total. The normalized spacial score (nSPS) is 10.4. The average Bonchev–Trinajstić information content (AvgIpc) is 2.15. The molecule has 0 heterocycles. The van der Waals surface area contributed by atoms with Crippen LogP contribution in [0.25, 0.3) is 0 Å². The van der Waals surface area contributed by atoms with Crippen molar-refractivity contribution in [1.29, 1.82) is 0 Å². The van der Waals surface area contributed by atoms with E-state index in [9.17, 15) is 15.7 Å². The van der Waals surface area contributed by atoms with Crippen LogP contribution in [-0.2, 0) is 6.14 Å². The molecule has 0 saturated heterocycles. The standard InChI is InChI=1S/C8H4I2O6/c9-5-2-3(7(11)12)1-4(8(13)14)6(5)10(15)16/h1-2H,(H,11,12)(H,13,14). The fourth-order valence-corrected chi connectivity index (χ4v) is 4.20. The molecule has 0 spiro atoms. The van der Waals surface area contributed by atoms with Gasteiger partial charge in [-0.15, -0.1) is 0 Å². The second kappa shape index (κ2) is 5.03. The summed E-state index contributed by atoms with van der Waals surface area (Å²) in [5, 5.41) is 17.5. The van der Waals surface area contributed by atoms with E-state index in [-0.39, 0.29) is 12.7 Å². The summed E-state index contributed by atoms with van der Waals surface area (Å²) in [5.41, 5.74) is -0.734. The van der Waals surface area contributed by atoms with Crippen LogP contribution in [0.2, 0.25) is 0 Å². The lowest BCUT2D eigenvalue weighted by atomic mass is 10.1. The van der Waals surface area contributed by atoms with Crippen molar-refractivity contribution in [2.75, 3.05) is 0 Å². The molecule has 1 aromatic rings. The van der Waals surface area contributed by atoms with Gasteiger partial charge < -0.3 is 10.2 Å². The number of hydrogen-bond donors (Lipinski definition) is 2. The number of halogens is 2. The van der Waals surface area contributed by atoms with Crippen LogP contribution in [0.1, 0.15) is 20.7 Å². The predicted octanol–water partition coefficient (Wildman–Crippen LogP) is 2.05. The number of benzene rings is 1. The molecule has 16 heavy (non-hydrogen) atoms. The maximum absolute atomic E-state index is 10.9. The van der Waals surface area contributed by atoms with Gasteiger partial charge in [0, 0.05) is 3.57 Å². The minimum absolute atomic E-state index is 0.116. The Hall–Kier alpha value is -0.780. The molecule has 0 fully saturated rings. The molecule has 86 valence electrons. The molecule has 0 saturated carbocycles. The third-order valence-corrected chi connectivity index (χ3v) is 5.59. The lowest BCUT2D eigenvalue weighted by Gasteiger charge is -2.03. The number of hydrogen-bond acceptors (Lipinski definition) is 4. The van der Waals surface area contributed by atoms with E-state index in [4.69, 9.17) is 10.2 Å². The van der Waals surface area contributed by atoms with Crippen molar-refractivity contribution in [2.24, 2.45) is 0 Å². The van der Waals surface area contributed by atoms with Gasteiger partial charge in [0.25, 0.3) is 0 Å². The summed E-state index contributed by atoms with van der Waals surface area (Å²) in [5.74, 6) is -2.76. The highest BCUT2D eigenvalue weighted by Crippen LogP contribution is 2.28. The van der Waals surface area contributed by atoms with Crippen molar-refractivity contribution >= 4 is 54.3 Å². The zero-order valence-corrected chi connectivity index (χ0v) is 11.8. The van der Waals surface area contributed by atoms with Crippen molar-refractivity contribution in [2.45, 2.75) is 0 Å². The fourth-order valence-electron chi connectivity index (χ4n) is 1.02. The van der Waals surface area contributed by atoms with Gasteiger partial charge >= 0.3 is 31.7 Å². The molecule has 0 aliphatic heterocycles. The summed E-state index contributed by atoms with van der Waals surface area (Å²) >= 11 is -2.36. The highest BCUT2D eigenvalue weighted by molar-refractivity contribution is 14.2. The van der Waals surface area contributed by atoms with Gasteiger partial charge in [-0.1, -0.05) is 0 Å². The second-order valence-electron chi connectivity index (χ2n) is 2.65. The lowest BCUT2D eigenvalue weighted by Crippen LogP contribution is -2.07. The maximum Gasteiger partial charge on any atom is 0.342 e. The van der Waals surface area contributed by atoms with Crippen molar-refractivity contribution in [3.63, 3.8) is 0 Å². The Labute approximate surface area is 110 Å². The molecular weight excluding hydrogens is 446 g/mol. The second-order valence-corrected chi connectivity index (χ2v) is 6.13. The number of rotatable bonds is 3. The topological polar surface area (TPSA) is 109 Å². The first-order valence-electron chi connectivity index (χ1n) is 3.70. The zero-order chi connectivity index (χ0) is 12.5. The van der Waals surface area contributed by atoms with Gasteiger partial charge in [-0.2, -0.15) is 0 Å². The minimum Gasteiger partial charge on any atom is -0.478 e. The van der Waals surface area contributed by atoms with Crippen LogP contribution in [0.15, 0.2) is 12.1 Å². The Balaban J connectivity index is 3.64. The van der Waals surface area contributed by atoms with Gasteiger partial charge in [0.1, 0.15) is 3.57 Å². The average molecular weight is 450 g/mol. The molecule has 1 rings (SSSR count). The van der Waals surface area contributed by atoms with Crippen LogP contribution in [0.3, 0.4) is 0 Å². The summed E-state index contributed by atoms with van der Waals surface area (Å²) in [4.78, 5) is 21.5. The first kappa shape index (κ1) is 13.3. The molecule has 0 radical (unpaired) electrons. The Morgan fingerprint density at radius 1 is 1.12 bits per heavy atom. The van der Waals surface area contributed by atoms with Crippen molar-refractivity contribution < 1.29 is 25.9 Å². The van der Waals surface area contributed by atoms with Crippen LogP contribution in [0, 0.1) is 7.14 Å². The lowest BCUT2D eigenvalue weighted by molar-refractivity contribution is 0.0695. The molecule has 1 aromatic carbocycles. The molecule has 0 bridgehead atoms. The SMILES string of the molecule is O=C(O)c1cc(I)c(I(=O)=O)c(C(=O)O)c1. The molecule has 0 aliphatic carbocycles. The van der Waals surface area contributed by atoms with E-state index in [1.165, 1.54) is 0 Å². The van der Waals surface area contributed by atoms with E-state index in [2.05, 4.69) is 0 Å². The Morgan fingerprint density at radius 3 is 2.06 bits per heavy atom. The van der Waals surface area contributed by atoms with Gasteiger partial charge in [0.15, 0.2) is 0 Å². The molecule has 0 atom stereocenters. The Kier molecular flexibility index (Phi) is 4.18. The first-order chi connectivity index (χ1) is 7.34. The monoisotopic (exact) mass is 450 g/mol.